The van der Waals surface area contributed by atoms with E-state index in [4.69, 9.17) is 16.1 Å². The summed E-state index contributed by atoms with van der Waals surface area (Å²) >= 11 is 5.92. The van der Waals surface area contributed by atoms with Crippen LogP contribution in [0.25, 0.3) is 56.2 Å². The van der Waals surface area contributed by atoms with Crippen LogP contribution in [0.1, 0.15) is 90.2 Å². The van der Waals surface area contributed by atoms with Crippen molar-refractivity contribution < 1.29 is 23.7 Å². The second-order valence-corrected chi connectivity index (χ2v) is 29.9. The molecular formula is C86H83ClN26O5. The van der Waals surface area contributed by atoms with Crippen molar-refractivity contribution in [2.45, 2.75) is 77.5 Å². The monoisotopic (exact) mass is 1590 g/mol. The molecule has 4 N–H and O–H groups in total. The van der Waals surface area contributed by atoms with Gasteiger partial charge in [0.05, 0.1) is 27.9 Å². The first-order chi connectivity index (χ1) is 57.6. The van der Waals surface area contributed by atoms with Gasteiger partial charge < -0.3 is 58.6 Å². The highest BCUT2D eigenvalue weighted by Gasteiger charge is 2.33. The molecular weight excluding hydrogens is 1510 g/mol. The number of nitrogens with zero attached hydrogens (tertiary/aromatic N) is 22. The van der Waals surface area contributed by atoms with Crippen LogP contribution >= 0.6 is 11.6 Å². The largest absolute Gasteiger partial charge is 0.353 e. The minimum Gasteiger partial charge on any atom is -0.353 e. The molecule has 0 spiro atoms. The smallest absolute Gasteiger partial charge is 0.292 e. The van der Waals surface area contributed by atoms with Crippen molar-refractivity contribution in [3.8, 4) is 34.0 Å². The molecule has 4 aliphatic heterocycles. The van der Waals surface area contributed by atoms with E-state index < -0.39 is 0 Å². The van der Waals surface area contributed by atoms with E-state index in [2.05, 4.69) is 160 Å². The zero-order valence-electron chi connectivity index (χ0n) is 65.1. The topological polar surface area (TPSA) is 325 Å². The normalized spacial score (nSPS) is 16.3. The maximum absolute atomic E-state index is 12.8. The number of aryl methyl sites for hydroxylation is 4. The van der Waals surface area contributed by atoms with Crippen LogP contribution in [0.3, 0.4) is 0 Å². The van der Waals surface area contributed by atoms with Crippen molar-refractivity contribution in [3.05, 3.63) is 289 Å². The van der Waals surface area contributed by atoms with Crippen LogP contribution in [0.2, 0.25) is 5.02 Å². The van der Waals surface area contributed by atoms with Crippen molar-refractivity contribution in [2.24, 2.45) is 0 Å². The van der Waals surface area contributed by atoms with Crippen LogP contribution in [0.4, 0.5) is 23.3 Å². The standard InChI is InChI=1S/C23H24N6O.C23H22N6O.C21H20N6O2.C19H17ClN8O/c1-16-5-3-4-6-20(16)29-13-9-19(26-29)23(30)25-18-8-12-28(15-18)22-21-17(2)7-11-27(21)14-10-24-22;1-16-7-10-28-12-9-24-22(20(16)28)29-11-8-19(15-29)27-23(30)21-25-13-18(14-26-21)17-5-3-2-4-6-17;1-14-7-10-26-12-9-22-19(17(14)26)27-11-8-16(13-27)23-20(28)18-24-21(29-25-18)15-5-3-2-4-6-15;20-13-1-3-15(4-2-13)28-9-6-16(25-28)19(29)23-14-5-8-26(11-14)17-18-24-22-12-27(18)10-7-21-17/h3-7,9-11,13-14,18H,8,12,15H2,1-2H3,(H,25,30);2-7,9-10,12-14,19H,8,11,15H2,1H3,(H,27,30);2-7,9-10,12,16H,8,11,13H2,1H3,(H,23,28);1-4,6-7,9-10,12,14H,5,8,11H2,(H,23,29)/t18-;19-;16-;14-/m0000/s1. The molecule has 4 amide bonds. The predicted molar refractivity (Wildman–Crippen MR) is 447 cm³/mol. The van der Waals surface area contributed by atoms with Crippen molar-refractivity contribution in [2.75, 3.05) is 72.0 Å². The number of anilines is 4. The highest BCUT2D eigenvalue weighted by molar-refractivity contribution is 6.30. The van der Waals surface area contributed by atoms with Gasteiger partial charge in [-0.1, -0.05) is 83.5 Å². The van der Waals surface area contributed by atoms with Crippen molar-refractivity contribution >= 4 is 80.7 Å². The highest BCUT2D eigenvalue weighted by Crippen LogP contribution is 2.31. The van der Waals surface area contributed by atoms with E-state index in [0.29, 0.717) is 47.6 Å². The maximum atomic E-state index is 12.8. The molecule has 4 fully saturated rings. The first-order valence-electron chi connectivity index (χ1n) is 39.0. The first kappa shape index (κ1) is 76.2. The Kier molecular flexibility index (Phi) is 21.9. The molecule has 0 radical (unpaired) electrons. The molecule has 16 aromatic rings. The lowest BCUT2D eigenvalue weighted by molar-refractivity contribution is 0.0919. The van der Waals surface area contributed by atoms with Crippen molar-refractivity contribution in [1.82, 2.24) is 109 Å². The molecule has 0 unspecified atom stereocenters. The van der Waals surface area contributed by atoms with Gasteiger partial charge in [-0.3, -0.25) is 23.6 Å². The molecule has 12 aromatic heterocycles. The molecule has 0 bridgehead atoms. The summed E-state index contributed by atoms with van der Waals surface area (Å²) in [7, 11) is 0. The zero-order valence-corrected chi connectivity index (χ0v) is 65.8. The fourth-order valence-electron chi connectivity index (χ4n) is 15.4. The number of halogens is 1. The average molecular weight is 1600 g/mol. The summed E-state index contributed by atoms with van der Waals surface area (Å²) in [6.45, 7) is 14.4. The third kappa shape index (κ3) is 16.6. The first-order valence-corrected chi connectivity index (χ1v) is 39.4. The van der Waals surface area contributed by atoms with E-state index in [1.807, 2.05) is 164 Å². The summed E-state index contributed by atoms with van der Waals surface area (Å²) < 4.78 is 16.7. The quantitative estimate of drug-likeness (QED) is 0.0698. The Bertz CT molecular complexity index is 6260. The number of hydrogen-bond acceptors (Lipinski definition) is 21. The molecule has 4 aromatic carbocycles. The Hall–Kier alpha value is -14.5. The number of carbonyl (C=O) groups is 4. The molecule has 4 aliphatic rings. The van der Waals surface area contributed by atoms with Crippen LogP contribution in [-0.2, 0) is 0 Å². The molecule has 16 heterocycles. The van der Waals surface area contributed by atoms with Crippen LogP contribution in [0.15, 0.2) is 243 Å². The fourth-order valence-corrected chi connectivity index (χ4v) is 15.5. The second kappa shape index (κ2) is 33.9. The van der Waals surface area contributed by atoms with Gasteiger partial charge in [-0.05, 0) is 154 Å². The van der Waals surface area contributed by atoms with Crippen LogP contribution in [0.5, 0.6) is 0 Å². The molecule has 4 saturated heterocycles. The van der Waals surface area contributed by atoms with Gasteiger partial charge in [-0.2, -0.15) is 15.2 Å². The van der Waals surface area contributed by atoms with Gasteiger partial charge in [0.1, 0.15) is 6.33 Å². The zero-order chi connectivity index (χ0) is 80.8. The van der Waals surface area contributed by atoms with E-state index in [-0.39, 0.29) is 59.4 Å². The van der Waals surface area contributed by atoms with E-state index >= 15 is 0 Å². The van der Waals surface area contributed by atoms with Crippen LogP contribution in [0, 0.1) is 27.7 Å². The Labute approximate surface area is 682 Å². The third-order valence-electron chi connectivity index (χ3n) is 21.5. The summed E-state index contributed by atoms with van der Waals surface area (Å²) in [5, 5.41) is 33.7. The fraction of sp³-hybridized carbons (Fsp3) is 0.233. The number of nitrogens with one attached hydrogen (secondary N) is 4. The molecule has 0 aliphatic carbocycles. The number of rotatable bonds is 16. The number of para-hydroxylation sites is 1. The number of aromatic nitrogens is 18. The van der Waals surface area contributed by atoms with Gasteiger partial charge in [0.15, 0.2) is 34.7 Å². The van der Waals surface area contributed by atoms with Crippen LogP contribution in [-0.4, -0.2) is 188 Å². The van der Waals surface area contributed by atoms with E-state index in [9.17, 15) is 19.2 Å². The highest BCUT2D eigenvalue weighted by atomic mass is 35.5. The van der Waals surface area contributed by atoms with Crippen molar-refractivity contribution in [1.29, 1.82) is 0 Å². The second-order valence-electron chi connectivity index (χ2n) is 29.5. The minimum atomic E-state index is -0.326. The average Bonchev–Trinajstić information content (AvgIpc) is 1.64. The summed E-state index contributed by atoms with van der Waals surface area (Å²) in [5.74, 6) is 3.31. The number of carbonyl (C=O) groups excluding carboxylic acids is 4. The third-order valence-corrected chi connectivity index (χ3v) is 21.7. The number of hydrogen-bond donors (Lipinski definition) is 4. The lowest BCUT2D eigenvalue weighted by atomic mass is 10.1. The Balaban J connectivity index is 0.000000113. The molecule has 20 rings (SSSR count). The molecule has 31 nitrogen and oxygen atoms in total. The summed E-state index contributed by atoms with van der Waals surface area (Å²) in [4.78, 5) is 90.4. The Morgan fingerprint density at radius 3 is 1.35 bits per heavy atom. The summed E-state index contributed by atoms with van der Waals surface area (Å²) in [5.41, 5.74) is 14.1. The predicted octanol–water partition coefficient (Wildman–Crippen LogP) is 10.9. The van der Waals surface area contributed by atoms with E-state index in [1.165, 1.54) is 16.7 Å². The van der Waals surface area contributed by atoms with Gasteiger partial charge in [-0.15, -0.1) is 10.2 Å². The molecule has 4 atom stereocenters. The van der Waals surface area contributed by atoms with Gasteiger partial charge in [0.25, 0.3) is 35.3 Å². The number of benzene rings is 4. The Morgan fingerprint density at radius 2 is 0.839 bits per heavy atom. The minimum absolute atomic E-state index is 0.00139. The SMILES string of the molecule is Cc1ccccc1-n1ccc(C(=O)N[C@H]2CCN(c3nccn4ccc(C)c34)C2)n1.Cc1ccn2ccnc(N3CC[C@H](NC(=O)c4ncc(-c5ccccc5)cn4)C3)c12.Cc1ccn2ccnc(N3CC[C@H](NC(=O)c4noc(-c5ccccc5)n4)C3)c12.O=C(N[C@H]1CCN(c2nccn3cnnc23)C1)c1ccn(-c2ccc(Cl)cc2)n1. The van der Waals surface area contributed by atoms with Gasteiger partial charge in [-0.25, -0.2) is 39.3 Å². The maximum Gasteiger partial charge on any atom is 0.292 e. The van der Waals surface area contributed by atoms with Crippen molar-refractivity contribution in [3.63, 3.8) is 0 Å². The number of fused-ring (bicyclic) bond motifs is 4. The Morgan fingerprint density at radius 1 is 0.407 bits per heavy atom. The lowest BCUT2D eigenvalue weighted by Gasteiger charge is -2.19. The van der Waals surface area contributed by atoms with Gasteiger partial charge in [0, 0.05) is 186 Å². The van der Waals surface area contributed by atoms with Gasteiger partial charge in [0.2, 0.25) is 11.5 Å². The molecule has 32 heteroatoms. The summed E-state index contributed by atoms with van der Waals surface area (Å²) in [6.07, 6.45) is 33.0. The van der Waals surface area contributed by atoms with Gasteiger partial charge >= 0.3 is 0 Å². The number of amides is 4. The molecule has 118 heavy (non-hydrogen) atoms. The van der Waals surface area contributed by atoms with Crippen LogP contribution < -0.4 is 40.9 Å². The lowest BCUT2D eigenvalue weighted by Crippen LogP contribution is -2.38. The van der Waals surface area contributed by atoms with E-state index in [1.54, 1.807) is 70.9 Å². The summed E-state index contributed by atoms with van der Waals surface area (Å²) in [6, 6.07) is 44.4. The van der Waals surface area contributed by atoms with E-state index in [0.717, 1.165) is 132 Å². The molecule has 0 saturated carbocycles. The molecule has 594 valence electrons.